The van der Waals surface area contributed by atoms with Crippen molar-refractivity contribution >= 4 is 12.1 Å². The van der Waals surface area contributed by atoms with Crippen molar-refractivity contribution in [1.82, 2.24) is 10.2 Å². The zero-order valence-electron chi connectivity index (χ0n) is 14.5. The molecule has 1 aromatic heterocycles. The van der Waals surface area contributed by atoms with Crippen molar-refractivity contribution in [3.05, 3.63) is 23.7 Å². The van der Waals surface area contributed by atoms with E-state index in [-0.39, 0.29) is 11.9 Å². The molecule has 0 aromatic carbocycles. The minimum Gasteiger partial charge on any atom is -0.463 e. The van der Waals surface area contributed by atoms with Crippen molar-refractivity contribution in [1.29, 1.82) is 0 Å². The number of hydrogen-bond acceptors (Lipinski definition) is 6. The van der Waals surface area contributed by atoms with Crippen molar-refractivity contribution in [2.75, 3.05) is 26.7 Å². The molecule has 0 atom stereocenters. The molecule has 0 fully saturated rings. The molecule has 0 saturated carbocycles. The van der Waals surface area contributed by atoms with Gasteiger partial charge in [-0.05, 0) is 39.8 Å². The first-order valence-electron chi connectivity index (χ1n) is 7.62. The molecular weight excluding hydrogens is 300 g/mol. The Bertz CT molecular complexity index is 519. The van der Waals surface area contributed by atoms with Crippen LogP contribution in [0.4, 0.5) is 4.79 Å². The number of nitrogens with one attached hydrogen (secondary N) is 1. The zero-order valence-corrected chi connectivity index (χ0v) is 14.5. The number of likely N-dealkylation sites (N-methyl/N-ethyl adjacent to an activating group) is 1. The average Bonchev–Trinajstić information content (AvgIpc) is 2.93. The van der Waals surface area contributed by atoms with Crippen LogP contribution in [0, 0.1) is 0 Å². The van der Waals surface area contributed by atoms with Crippen LogP contribution in [0.2, 0.25) is 0 Å². The molecule has 0 radical (unpaired) electrons. The SMILES string of the molecule is CCN(CCNCc1ccc(C(=O)OC)o1)C(=O)OC(C)(C)C. The molecule has 1 aromatic rings. The third kappa shape index (κ3) is 6.73. The number of furan rings is 1. The highest BCUT2D eigenvalue weighted by atomic mass is 16.6. The van der Waals surface area contributed by atoms with Crippen molar-refractivity contribution in [3.63, 3.8) is 0 Å². The van der Waals surface area contributed by atoms with Crippen LogP contribution in [0.1, 0.15) is 44.0 Å². The van der Waals surface area contributed by atoms with E-state index in [1.807, 2.05) is 27.7 Å². The second-order valence-electron chi connectivity index (χ2n) is 5.99. The van der Waals surface area contributed by atoms with Crippen LogP contribution in [-0.4, -0.2) is 49.3 Å². The Labute approximate surface area is 136 Å². The monoisotopic (exact) mass is 326 g/mol. The Hall–Kier alpha value is -2.02. The molecule has 1 amide bonds. The maximum absolute atomic E-state index is 12.0. The van der Waals surface area contributed by atoms with Gasteiger partial charge >= 0.3 is 12.1 Å². The van der Waals surface area contributed by atoms with Gasteiger partial charge in [0, 0.05) is 19.6 Å². The van der Waals surface area contributed by atoms with E-state index >= 15 is 0 Å². The molecule has 0 spiro atoms. The number of nitrogens with zero attached hydrogens (tertiary/aromatic N) is 1. The summed E-state index contributed by atoms with van der Waals surface area (Å²) in [7, 11) is 1.30. The number of amides is 1. The lowest BCUT2D eigenvalue weighted by Gasteiger charge is -2.26. The lowest BCUT2D eigenvalue weighted by molar-refractivity contribution is 0.0261. The fourth-order valence-corrected chi connectivity index (χ4v) is 1.81. The van der Waals surface area contributed by atoms with Crippen molar-refractivity contribution in [3.8, 4) is 0 Å². The van der Waals surface area contributed by atoms with Gasteiger partial charge in [-0.15, -0.1) is 0 Å². The molecule has 0 unspecified atom stereocenters. The van der Waals surface area contributed by atoms with Crippen LogP contribution in [0.3, 0.4) is 0 Å². The first-order chi connectivity index (χ1) is 10.8. The Kier molecular flexibility index (Phi) is 7.09. The predicted octanol–water partition coefficient (Wildman–Crippen LogP) is 2.41. The second kappa shape index (κ2) is 8.57. The van der Waals surface area contributed by atoms with Gasteiger partial charge in [-0.1, -0.05) is 0 Å². The summed E-state index contributed by atoms with van der Waals surface area (Å²) in [5.74, 6) is 0.303. The van der Waals surface area contributed by atoms with E-state index in [0.717, 1.165) is 0 Å². The largest absolute Gasteiger partial charge is 0.463 e. The minimum absolute atomic E-state index is 0.174. The van der Waals surface area contributed by atoms with E-state index in [0.29, 0.717) is 31.9 Å². The topological polar surface area (TPSA) is 81.0 Å². The predicted molar refractivity (Wildman–Crippen MR) is 85.2 cm³/mol. The van der Waals surface area contributed by atoms with Crippen molar-refractivity contribution < 1.29 is 23.5 Å². The van der Waals surface area contributed by atoms with Crippen LogP contribution in [0.5, 0.6) is 0 Å². The van der Waals surface area contributed by atoms with Gasteiger partial charge in [0.05, 0.1) is 13.7 Å². The molecule has 1 heterocycles. The van der Waals surface area contributed by atoms with Crippen LogP contribution in [-0.2, 0) is 16.0 Å². The van der Waals surface area contributed by atoms with E-state index in [9.17, 15) is 9.59 Å². The number of carbonyl (C=O) groups excluding carboxylic acids is 2. The minimum atomic E-state index is -0.504. The van der Waals surface area contributed by atoms with Gasteiger partial charge in [-0.25, -0.2) is 9.59 Å². The second-order valence-corrected chi connectivity index (χ2v) is 5.99. The van der Waals surface area contributed by atoms with Crippen LogP contribution >= 0.6 is 0 Å². The molecule has 1 rings (SSSR count). The van der Waals surface area contributed by atoms with Gasteiger partial charge in [0.1, 0.15) is 11.4 Å². The number of rotatable bonds is 7. The highest BCUT2D eigenvalue weighted by molar-refractivity contribution is 5.86. The smallest absolute Gasteiger partial charge is 0.410 e. The van der Waals surface area contributed by atoms with E-state index in [1.165, 1.54) is 7.11 Å². The Morgan fingerprint density at radius 3 is 2.57 bits per heavy atom. The molecule has 23 heavy (non-hydrogen) atoms. The third-order valence-electron chi connectivity index (χ3n) is 2.94. The summed E-state index contributed by atoms with van der Waals surface area (Å²) in [5, 5.41) is 3.16. The Balaban J connectivity index is 2.36. The Morgan fingerprint density at radius 1 is 1.30 bits per heavy atom. The number of carbonyl (C=O) groups is 2. The third-order valence-corrected chi connectivity index (χ3v) is 2.94. The Morgan fingerprint density at radius 2 is 2.00 bits per heavy atom. The quantitative estimate of drug-likeness (QED) is 0.612. The maximum atomic E-state index is 12.0. The fourth-order valence-electron chi connectivity index (χ4n) is 1.81. The highest BCUT2D eigenvalue weighted by Gasteiger charge is 2.20. The summed E-state index contributed by atoms with van der Waals surface area (Å²) >= 11 is 0. The van der Waals surface area contributed by atoms with Gasteiger partial charge in [-0.2, -0.15) is 0 Å². The van der Waals surface area contributed by atoms with Crippen LogP contribution < -0.4 is 5.32 Å². The molecule has 0 bridgehead atoms. The lowest BCUT2D eigenvalue weighted by atomic mass is 10.2. The summed E-state index contributed by atoms with van der Waals surface area (Å²) in [6.45, 7) is 9.56. The molecule has 0 aliphatic carbocycles. The summed E-state index contributed by atoms with van der Waals surface area (Å²) in [5.41, 5.74) is -0.504. The van der Waals surface area contributed by atoms with Crippen molar-refractivity contribution in [2.45, 2.75) is 39.8 Å². The summed E-state index contributed by atoms with van der Waals surface area (Å²) in [6, 6.07) is 3.28. The van der Waals surface area contributed by atoms with E-state index in [2.05, 4.69) is 10.1 Å². The zero-order chi connectivity index (χ0) is 17.5. The van der Waals surface area contributed by atoms with Gasteiger partial charge in [-0.3, -0.25) is 0 Å². The summed E-state index contributed by atoms with van der Waals surface area (Å²) in [6.07, 6.45) is -0.326. The summed E-state index contributed by atoms with van der Waals surface area (Å²) in [4.78, 5) is 24.9. The molecule has 0 aliphatic heterocycles. The standard InChI is InChI=1S/C16H26N2O5/c1-6-18(15(20)23-16(2,3)4)10-9-17-11-12-7-8-13(22-12)14(19)21-5/h7-8,17H,6,9-11H2,1-5H3. The van der Waals surface area contributed by atoms with E-state index < -0.39 is 11.6 Å². The number of ether oxygens (including phenoxy) is 2. The van der Waals surface area contributed by atoms with E-state index in [4.69, 9.17) is 9.15 Å². The average molecular weight is 326 g/mol. The normalized spacial score (nSPS) is 11.2. The fraction of sp³-hybridized carbons (Fsp3) is 0.625. The van der Waals surface area contributed by atoms with Gasteiger partial charge in [0.2, 0.25) is 5.76 Å². The number of methoxy groups -OCH3 is 1. The highest BCUT2D eigenvalue weighted by Crippen LogP contribution is 2.10. The van der Waals surface area contributed by atoms with Gasteiger partial charge in [0.15, 0.2) is 0 Å². The molecular formula is C16H26N2O5. The maximum Gasteiger partial charge on any atom is 0.410 e. The molecule has 7 nitrogen and oxygen atoms in total. The van der Waals surface area contributed by atoms with Gasteiger partial charge in [0.25, 0.3) is 0 Å². The van der Waals surface area contributed by atoms with Crippen LogP contribution in [0.25, 0.3) is 0 Å². The molecule has 1 N–H and O–H groups in total. The lowest BCUT2D eigenvalue weighted by Crippen LogP contribution is -2.40. The van der Waals surface area contributed by atoms with Crippen LogP contribution in [0.15, 0.2) is 16.5 Å². The molecule has 0 saturated heterocycles. The van der Waals surface area contributed by atoms with E-state index in [1.54, 1.807) is 17.0 Å². The summed E-state index contributed by atoms with van der Waals surface area (Å²) < 4.78 is 15.3. The van der Waals surface area contributed by atoms with Crippen molar-refractivity contribution in [2.24, 2.45) is 0 Å². The first kappa shape index (κ1) is 19.0. The molecule has 130 valence electrons. The molecule has 7 heteroatoms. The molecule has 0 aliphatic rings. The van der Waals surface area contributed by atoms with Gasteiger partial charge < -0.3 is 24.1 Å². The first-order valence-corrected chi connectivity index (χ1v) is 7.62. The number of esters is 1. The number of hydrogen-bond donors (Lipinski definition) is 1.